The molecule has 0 aliphatic rings. The van der Waals surface area contributed by atoms with Crippen molar-refractivity contribution >= 4 is 6.09 Å². The number of hydrogen-bond acceptors (Lipinski definition) is 3. The number of nitrogens with one attached hydrogen (secondary N) is 1. The van der Waals surface area contributed by atoms with Gasteiger partial charge in [-0.15, -0.1) is 0 Å². The van der Waals surface area contributed by atoms with Gasteiger partial charge >= 0.3 is 6.09 Å². The fourth-order valence-electron chi connectivity index (χ4n) is 1.00. The van der Waals surface area contributed by atoms with E-state index in [9.17, 15) is 4.79 Å². The van der Waals surface area contributed by atoms with Gasteiger partial charge in [0, 0.05) is 18.0 Å². The van der Waals surface area contributed by atoms with Crippen LogP contribution in [0.5, 0.6) is 0 Å². The molecule has 0 radical (unpaired) electrons. The highest BCUT2D eigenvalue weighted by Crippen LogP contribution is 2.07. The van der Waals surface area contributed by atoms with E-state index in [2.05, 4.69) is 15.3 Å². The topological polar surface area (TPSA) is 87.1 Å². The summed E-state index contributed by atoms with van der Waals surface area (Å²) in [5.74, 6) is 0.255. The number of hydrogen-bond donors (Lipinski definition) is 1. The van der Waals surface area contributed by atoms with Crippen molar-refractivity contribution in [3.8, 4) is 0 Å². The normalized spacial score (nSPS) is 12.5. The van der Waals surface area contributed by atoms with E-state index in [0.717, 1.165) is 6.42 Å². The van der Waals surface area contributed by atoms with Crippen LogP contribution in [0.3, 0.4) is 0 Å². The summed E-state index contributed by atoms with van der Waals surface area (Å²) in [6, 6.07) is 0. The van der Waals surface area contributed by atoms with Gasteiger partial charge in [-0.1, -0.05) is 12.0 Å². The highest BCUT2D eigenvalue weighted by molar-refractivity contribution is 5.67. The zero-order valence-corrected chi connectivity index (χ0v) is 10.4. The Balaban J connectivity index is 3.65. The molecule has 0 fully saturated rings. The number of azide groups is 1. The second kappa shape index (κ2) is 6.95. The monoisotopic (exact) mass is 228 g/mol. The summed E-state index contributed by atoms with van der Waals surface area (Å²) in [4.78, 5) is 13.9. The third-order valence-corrected chi connectivity index (χ3v) is 1.76. The van der Waals surface area contributed by atoms with Gasteiger partial charge in [0.1, 0.15) is 5.60 Å². The van der Waals surface area contributed by atoms with E-state index >= 15 is 0 Å². The lowest BCUT2D eigenvalue weighted by Gasteiger charge is -2.20. The van der Waals surface area contributed by atoms with Gasteiger partial charge in [0.2, 0.25) is 0 Å². The minimum absolute atomic E-state index is 0.255. The number of amides is 1. The molecule has 0 aromatic rings. The van der Waals surface area contributed by atoms with Gasteiger partial charge in [-0.2, -0.15) is 0 Å². The average molecular weight is 228 g/mol. The second-order valence-electron chi connectivity index (χ2n) is 4.74. The van der Waals surface area contributed by atoms with E-state index in [1.165, 1.54) is 0 Å². The van der Waals surface area contributed by atoms with Crippen molar-refractivity contribution in [1.82, 2.24) is 5.32 Å². The van der Waals surface area contributed by atoms with Crippen molar-refractivity contribution < 1.29 is 9.53 Å². The van der Waals surface area contributed by atoms with E-state index in [1.54, 1.807) is 0 Å². The molecule has 6 heteroatoms. The highest BCUT2D eigenvalue weighted by atomic mass is 16.6. The molecule has 92 valence electrons. The van der Waals surface area contributed by atoms with Gasteiger partial charge in [-0.25, -0.2) is 4.79 Å². The van der Waals surface area contributed by atoms with Crippen LogP contribution in [-0.4, -0.2) is 24.8 Å². The molecule has 0 unspecified atom stereocenters. The van der Waals surface area contributed by atoms with E-state index < -0.39 is 11.7 Å². The maximum Gasteiger partial charge on any atom is 0.407 e. The molecule has 0 aromatic carbocycles. The van der Waals surface area contributed by atoms with Gasteiger partial charge in [0.15, 0.2) is 0 Å². The molecule has 16 heavy (non-hydrogen) atoms. The van der Waals surface area contributed by atoms with Crippen LogP contribution >= 0.6 is 0 Å². The molecule has 0 aliphatic heterocycles. The molecular formula is C10H20N4O2. The largest absolute Gasteiger partial charge is 0.444 e. The molecule has 1 amide bonds. The second-order valence-corrected chi connectivity index (χ2v) is 4.74. The summed E-state index contributed by atoms with van der Waals surface area (Å²) in [5, 5.41) is 6.12. The van der Waals surface area contributed by atoms with Crippen LogP contribution in [0.15, 0.2) is 5.11 Å². The van der Waals surface area contributed by atoms with Crippen LogP contribution in [0.4, 0.5) is 4.79 Å². The van der Waals surface area contributed by atoms with Crippen molar-refractivity contribution in [3.63, 3.8) is 0 Å². The quantitative estimate of drug-likeness (QED) is 0.445. The fourth-order valence-corrected chi connectivity index (χ4v) is 1.00. The van der Waals surface area contributed by atoms with Crippen molar-refractivity contribution in [3.05, 3.63) is 10.4 Å². The molecule has 0 aromatic heterocycles. The molecule has 0 saturated heterocycles. The van der Waals surface area contributed by atoms with Crippen LogP contribution in [0.25, 0.3) is 10.4 Å². The molecule has 0 spiro atoms. The molecule has 0 aliphatic carbocycles. The Kier molecular flexibility index (Phi) is 6.34. The predicted octanol–water partition coefficient (Wildman–Crippen LogP) is 2.85. The molecule has 1 atom stereocenters. The van der Waals surface area contributed by atoms with Crippen LogP contribution in [-0.2, 0) is 4.74 Å². The van der Waals surface area contributed by atoms with Gasteiger partial charge in [-0.3, -0.25) is 0 Å². The van der Waals surface area contributed by atoms with E-state index in [-0.39, 0.29) is 5.92 Å². The number of carbonyl (C=O) groups excluding carboxylic acids is 1. The molecule has 0 bridgehead atoms. The first kappa shape index (κ1) is 14.6. The minimum atomic E-state index is -0.471. The third-order valence-electron chi connectivity index (χ3n) is 1.76. The smallest absolute Gasteiger partial charge is 0.407 e. The third kappa shape index (κ3) is 9.15. The number of alkyl carbamates (subject to hydrolysis) is 1. The summed E-state index contributed by atoms with van der Waals surface area (Å²) >= 11 is 0. The molecule has 1 N–H and O–H groups in total. The maximum atomic E-state index is 11.2. The number of ether oxygens (including phenoxy) is 1. The van der Waals surface area contributed by atoms with Gasteiger partial charge in [-0.05, 0) is 38.6 Å². The Labute approximate surface area is 96.0 Å². The number of carbonyl (C=O) groups is 1. The lowest BCUT2D eigenvalue weighted by atomic mass is 10.1. The van der Waals surface area contributed by atoms with E-state index in [0.29, 0.717) is 13.1 Å². The molecule has 0 saturated carbocycles. The van der Waals surface area contributed by atoms with Crippen LogP contribution < -0.4 is 5.32 Å². The molecule has 6 nitrogen and oxygen atoms in total. The van der Waals surface area contributed by atoms with Gasteiger partial charge in [0.25, 0.3) is 0 Å². The molecular weight excluding hydrogens is 208 g/mol. The summed E-state index contributed by atoms with van der Waals surface area (Å²) in [6.45, 7) is 8.39. The minimum Gasteiger partial charge on any atom is -0.444 e. The van der Waals surface area contributed by atoms with Crippen LogP contribution in [0, 0.1) is 5.92 Å². The average Bonchev–Trinajstić information content (AvgIpc) is 2.11. The summed E-state index contributed by atoms with van der Waals surface area (Å²) in [6.07, 6.45) is 0.349. The van der Waals surface area contributed by atoms with E-state index in [4.69, 9.17) is 10.3 Å². The highest BCUT2D eigenvalue weighted by Gasteiger charge is 2.15. The van der Waals surface area contributed by atoms with Gasteiger partial charge in [0.05, 0.1) is 0 Å². The molecule has 0 heterocycles. The standard InChI is InChI=1S/C10H20N4O2/c1-8(7-13-14-11)5-6-12-9(15)16-10(2,3)4/h8H,5-7H2,1-4H3,(H,12,15)/t8-/m1/s1. The van der Waals surface area contributed by atoms with Crippen LogP contribution in [0.2, 0.25) is 0 Å². The first-order valence-corrected chi connectivity index (χ1v) is 5.33. The summed E-state index contributed by atoms with van der Waals surface area (Å²) < 4.78 is 5.07. The van der Waals surface area contributed by atoms with Crippen LogP contribution in [0.1, 0.15) is 34.1 Å². The first-order valence-electron chi connectivity index (χ1n) is 5.33. The van der Waals surface area contributed by atoms with Crippen molar-refractivity contribution in [2.75, 3.05) is 13.1 Å². The van der Waals surface area contributed by atoms with Crippen molar-refractivity contribution in [1.29, 1.82) is 0 Å². The Morgan fingerprint density at radius 1 is 1.56 bits per heavy atom. The Morgan fingerprint density at radius 3 is 2.69 bits per heavy atom. The number of rotatable bonds is 5. The number of nitrogens with zero attached hydrogens (tertiary/aromatic N) is 3. The van der Waals surface area contributed by atoms with Gasteiger partial charge < -0.3 is 10.1 Å². The zero-order chi connectivity index (χ0) is 12.6. The van der Waals surface area contributed by atoms with Crippen molar-refractivity contribution in [2.45, 2.75) is 39.7 Å². The van der Waals surface area contributed by atoms with Crippen molar-refractivity contribution in [2.24, 2.45) is 11.0 Å². The Morgan fingerprint density at radius 2 is 2.19 bits per heavy atom. The molecule has 0 rings (SSSR count). The zero-order valence-electron chi connectivity index (χ0n) is 10.4. The Hall–Kier alpha value is -1.42. The lowest BCUT2D eigenvalue weighted by Crippen LogP contribution is -2.33. The lowest BCUT2D eigenvalue weighted by molar-refractivity contribution is 0.0525. The summed E-state index contributed by atoms with van der Waals surface area (Å²) in [5.41, 5.74) is 7.65. The van der Waals surface area contributed by atoms with E-state index in [1.807, 2.05) is 27.7 Å². The fraction of sp³-hybridized carbons (Fsp3) is 0.900. The SMILES string of the molecule is C[C@H](CCNC(=O)OC(C)(C)C)CN=[N+]=[N-]. The maximum absolute atomic E-state index is 11.2. The first-order chi connectivity index (χ1) is 7.35. The predicted molar refractivity (Wildman–Crippen MR) is 62.0 cm³/mol. The Bertz CT molecular complexity index is 266. The summed E-state index contributed by atoms with van der Waals surface area (Å²) in [7, 11) is 0.